The molecule has 0 heterocycles. The maximum Gasteiger partial charge on any atom is 0.408 e. The first-order valence-electron chi connectivity index (χ1n) is 8.20. The summed E-state index contributed by atoms with van der Waals surface area (Å²) >= 11 is 0. The number of ether oxygens (including phenoxy) is 2. The molecule has 0 aromatic heterocycles. The first-order chi connectivity index (χ1) is 11.2. The van der Waals surface area contributed by atoms with Crippen LogP contribution in [0.25, 0.3) is 0 Å². The van der Waals surface area contributed by atoms with E-state index in [1.54, 1.807) is 26.3 Å². The van der Waals surface area contributed by atoms with E-state index in [-0.39, 0.29) is 5.91 Å². The molecule has 0 bridgehead atoms. The van der Waals surface area contributed by atoms with Gasteiger partial charge in [0.15, 0.2) is 0 Å². The number of hydrogen-bond donors (Lipinski definition) is 3. The minimum Gasteiger partial charge on any atom is -0.467 e. The van der Waals surface area contributed by atoms with Crippen LogP contribution in [0.2, 0.25) is 0 Å². The molecule has 0 fully saturated rings. The molecular weight excluding hydrogens is 316 g/mol. The lowest BCUT2D eigenvalue weighted by atomic mass is 10.1. The van der Waals surface area contributed by atoms with Gasteiger partial charge in [0.1, 0.15) is 11.6 Å². The Morgan fingerprint density at radius 3 is 2.17 bits per heavy atom. The zero-order valence-electron chi connectivity index (χ0n) is 15.0. The Morgan fingerprint density at radius 2 is 1.62 bits per heavy atom. The number of hydrogen-bond acceptors (Lipinski definition) is 6. The Kier molecular flexibility index (Phi) is 10.8. The van der Waals surface area contributed by atoms with Crippen molar-refractivity contribution in [3.8, 4) is 0 Å². The van der Waals surface area contributed by atoms with Crippen LogP contribution in [0.3, 0.4) is 0 Å². The summed E-state index contributed by atoms with van der Waals surface area (Å²) in [6, 6.07) is -0.731. The van der Waals surface area contributed by atoms with E-state index in [1.807, 2.05) is 0 Å². The highest BCUT2D eigenvalue weighted by Gasteiger charge is 2.24. The lowest BCUT2D eigenvalue weighted by molar-refractivity contribution is -0.143. The van der Waals surface area contributed by atoms with Crippen molar-refractivity contribution in [2.45, 2.75) is 77.4 Å². The molecule has 24 heavy (non-hydrogen) atoms. The van der Waals surface area contributed by atoms with E-state index in [4.69, 9.17) is 14.7 Å². The summed E-state index contributed by atoms with van der Waals surface area (Å²) in [5, 5.41) is 10.9. The second-order valence-corrected chi connectivity index (χ2v) is 6.56. The van der Waals surface area contributed by atoms with Crippen LogP contribution in [-0.4, -0.2) is 41.9 Å². The predicted octanol–water partition coefficient (Wildman–Crippen LogP) is 2.29. The van der Waals surface area contributed by atoms with Gasteiger partial charge in [0, 0.05) is 6.42 Å². The Bertz CT molecular complexity index is 406. The first kappa shape index (κ1) is 22.2. The molecule has 8 nitrogen and oxygen atoms in total. The number of methoxy groups -OCH3 is 1. The van der Waals surface area contributed by atoms with E-state index >= 15 is 0 Å². The highest BCUT2D eigenvalue weighted by molar-refractivity contribution is 5.81. The van der Waals surface area contributed by atoms with Crippen LogP contribution in [0.4, 0.5) is 4.79 Å². The van der Waals surface area contributed by atoms with Crippen molar-refractivity contribution in [1.82, 2.24) is 10.8 Å². The Labute approximate surface area is 143 Å². The summed E-state index contributed by atoms with van der Waals surface area (Å²) in [5.74, 6) is -0.886. The zero-order valence-corrected chi connectivity index (χ0v) is 15.0. The maximum atomic E-state index is 11.8. The van der Waals surface area contributed by atoms with Crippen molar-refractivity contribution >= 4 is 18.0 Å². The number of carbonyl (C=O) groups is 3. The maximum absolute atomic E-state index is 11.8. The van der Waals surface area contributed by atoms with Gasteiger partial charge in [0.05, 0.1) is 7.11 Å². The Hall–Kier alpha value is -1.83. The lowest BCUT2D eigenvalue weighted by Gasteiger charge is -2.22. The summed E-state index contributed by atoms with van der Waals surface area (Å²) < 4.78 is 9.84. The topological polar surface area (TPSA) is 114 Å². The molecule has 0 rings (SSSR count). The average molecular weight is 346 g/mol. The second-order valence-electron chi connectivity index (χ2n) is 6.56. The SMILES string of the molecule is COC(=O)[C@H](CCCCCCCC(=O)NO)NC(=O)OC(C)(C)C. The summed E-state index contributed by atoms with van der Waals surface area (Å²) in [6.45, 7) is 5.24. The van der Waals surface area contributed by atoms with Crippen molar-refractivity contribution in [2.24, 2.45) is 0 Å². The molecule has 0 saturated heterocycles. The fourth-order valence-electron chi connectivity index (χ4n) is 2.06. The number of amides is 2. The molecule has 0 spiro atoms. The van der Waals surface area contributed by atoms with Crippen LogP contribution >= 0.6 is 0 Å². The fraction of sp³-hybridized carbons (Fsp3) is 0.812. The highest BCUT2D eigenvalue weighted by atomic mass is 16.6. The van der Waals surface area contributed by atoms with E-state index < -0.39 is 23.7 Å². The van der Waals surface area contributed by atoms with E-state index in [9.17, 15) is 14.4 Å². The molecule has 0 unspecified atom stereocenters. The second kappa shape index (κ2) is 11.7. The van der Waals surface area contributed by atoms with E-state index in [0.29, 0.717) is 19.3 Å². The van der Waals surface area contributed by atoms with Gasteiger partial charge in [-0.25, -0.2) is 15.1 Å². The predicted molar refractivity (Wildman–Crippen MR) is 87.4 cm³/mol. The third kappa shape index (κ3) is 11.7. The van der Waals surface area contributed by atoms with Crippen molar-refractivity contribution < 1.29 is 29.1 Å². The number of rotatable bonds is 10. The first-order valence-corrected chi connectivity index (χ1v) is 8.20. The van der Waals surface area contributed by atoms with Crippen LogP contribution < -0.4 is 10.8 Å². The van der Waals surface area contributed by atoms with E-state index in [2.05, 4.69) is 5.32 Å². The number of carbonyl (C=O) groups excluding carboxylic acids is 3. The Morgan fingerprint density at radius 1 is 1.04 bits per heavy atom. The number of esters is 1. The van der Waals surface area contributed by atoms with Gasteiger partial charge >= 0.3 is 12.1 Å². The number of hydroxylamine groups is 1. The molecule has 0 aliphatic heterocycles. The van der Waals surface area contributed by atoms with Crippen molar-refractivity contribution in [2.75, 3.05) is 7.11 Å². The van der Waals surface area contributed by atoms with Gasteiger partial charge in [0.2, 0.25) is 5.91 Å². The van der Waals surface area contributed by atoms with E-state index in [0.717, 1.165) is 25.7 Å². The molecule has 1 atom stereocenters. The van der Waals surface area contributed by atoms with Crippen molar-refractivity contribution in [3.05, 3.63) is 0 Å². The molecule has 0 aromatic carbocycles. The molecular formula is C16H30N2O6. The minimum absolute atomic E-state index is 0.293. The summed E-state index contributed by atoms with van der Waals surface area (Å²) in [7, 11) is 1.28. The van der Waals surface area contributed by atoms with E-state index in [1.165, 1.54) is 7.11 Å². The van der Waals surface area contributed by atoms with Gasteiger partial charge in [-0.2, -0.15) is 0 Å². The van der Waals surface area contributed by atoms with Gasteiger partial charge in [-0.3, -0.25) is 10.0 Å². The minimum atomic E-state index is -0.731. The van der Waals surface area contributed by atoms with Gasteiger partial charge < -0.3 is 14.8 Å². The van der Waals surface area contributed by atoms with Crippen LogP contribution in [0.5, 0.6) is 0 Å². The molecule has 0 aliphatic carbocycles. The smallest absolute Gasteiger partial charge is 0.408 e. The largest absolute Gasteiger partial charge is 0.467 e. The summed E-state index contributed by atoms with van der Waals surface area (Å²) in [4.78, 5) is 34.3. The zero-order chi connectivity index (χ0) is 18.6. The Balaban J connectivity index is 4.06. The normalized spacial score (nSPS) is 12.2. The molecule has 0 saturated carbocycles. The van der Waals surface area contributed by atoms with Crippen LogP contribution in [0, 0.1) is 0 Å². The molecule has 0 aromatic rings. The fourth-order valence-corrected chi connectivity index (χ4v) is 2.06. The molecule has 8 heteroatoms. The van der Waals surface area contributed by atoms with Crippen LogP contribution in [-0.2, 0) is 19.1 Å². The van der Waals surface area contributed by atoms with Crippen molar-refractivity contribution in [3.63, 3.8) is 0 Å². The number of alkyl carbamates (subject to hydrolysis) is 1. The average Bonchev–Trinajstić information content (AvgIpc) is 2.49. The quantitative estimate of drug-likeness (QED) is 0.242. The highest BCUT2D eigenvalue weighted by Crippen LogP contribution is 2.11. The molecule has 2 amide bonds. The van der Waals surface area contributed by atoms with Gasteiger partial charge in [-0.1, -0.05) is 25.7 Å². The third-order valence-electron chi connectivity index (χ3n) is 3.20. The molecule has 140 valence electrons. The van der Waals surface area contributed by atoms with Gasteiger partial charge in [-0.15, -0.1) is 0 Å². The summed E-state index contributed by atoms with van der Waals surface area (Å²) in [5.41, 5.74) is 0.959. The molecule has 0 radical (unpaired) electrons. The number of nitrogens with one attached hydrogen (secondary N) is 2. The van der Waals surface area contributed by atoms with Crippen LogP contribution in [0.15, 0.2) is 0 Å². The monoisotopic (exact) mass is 346 g/mol. The van der Waals surface area contributed by atoms with Crippen molar-refractivity contribution in [1.29, 1.82) is 0 Å². The van der Waals surface area contributed by atoms with Gasteiger partial charge in [-0.05, 0) is 33.6 Å². The third-order valence-corrected chi connectivity index (χ3v) is 3.20. The molecule has 3 N–H and O–H groups in total. The van der Waals surface area contributed by atoms with Gasteiger partial charge in [0.25, 0.3) is 0 Å². The lowest BCUT2D eigenvalue weighted by Crippen LogP contribution is -2.44. The molecule has 0 aliphatic rings. The summed E-state index contributed by atoms with van der Waals surface area (Å²) in [6.07, 6.45) is 4.17. The number of unbranched alkanes of at least 4 members (excludes halogenated alkanes) is 4. The standard InChI is InChI=1S/C16H30N2O6/c1-16(2,3)24-15(21)17-12(14(20)23-4)10-8-6-5-7-9-11-13(19)18-22/h12,22H,5-11H2,1-4H3,(H,17,21)(H,18,19)/t12-/m0/s1. The van der Waals surface area contributed by atoms with Crippen LogP contribution in [0.1, 0.15) is 65.7 Å².